The maximum atomic E-state index is 12.1. The lowest BCUT2D eigenvalue weighted by molar-refractivity contribution is -0.123. The van der Waals surface area contributed by atoms with Gasteiger partial charge in [-0.05, 0) is 51.1 Å². The van der Waals surface area contributed by atoms with Crippen LogP contribution < -0.4 is 10.6 Å². The average molecular weight is 326 g/mol. The van der Waals surface area contributed by atoms with E-state index in [1.165, 1.54) is 0 Å². The summed E-state index contributed by atoms with van der Waals surface area (Å²) in [5.41, 5.74) is 1.64. The minimum atomic E-state index is -0.149. The Morgan fingerprint density at radius 3 is 2.41 bits per heavy atom. The Labute approximate surface area is 137 Å². The van der Waals surface area contributed by atoms with Gasteiger partial charge in [0.15, 0.2) is 0 Å². The summed E-state index contributed by atoms with van der Waals surface area (Å²) in [4.78, 5) is 25.7. The van der Waals surface area contributed by atoms with E-state index in [1.807, 2.05) is 27.7 Å². The zero-order valence-electron chi connectivity index (χ0n) is 13.6. The fraction of sp³-hybridized carbons (Fsp3) is 0.500. The molecule has 2 amide bonds. The zero-order chi connectivity index (χ0) is 16.7. The van der Waals surface area contributed by atoms with Gasteiger partial charge in [-0.25, -0.2) is 0 Å². The highest BCUT2D eigenvalue weighted by molar-refractivity contribution is 6.30. The van der Waals surface area contributed by atoms with Crippen molar-refractivity contribution in [1.82, 2.24) is 10.2 Å². The highest BCUT2D eigenvalue weighted by Gasteiger charge is 2.14. The SMILES string of the molecule is CCN(CC(=O)Nc1ccc(Cl)cc1C)CC(=O)NC(C)C. The third-order valence-electron chi connectivity index (χ3n) is 3.09. The molecule has 0 atom stereocenters. The molecule has 22 heavy (non-hydrogen) atoms. The van der Waals surface area contributed by atoms with Crippen molar-refractivity contribution >= 4 is 29.1 Å². The van der Waals surface area contributed by atoms with Crippen LogP contribution in [-0.4, -0.2) is 42.4 Å². The van der Waals surface area contributed by atoms with Crippen molar-refractivity contribution in [3.8, 4) is 0 Å². The number of amides is 2. The van der Waals surface area contributed by atoms with E-state index in [4.69, 9.17) is 11.6 Å². The van der Waals surface area contributed by atoms with E-state index in [1.54, 1.807) is 23.1 Å². The van der Waals surface area contributed by atoms with E-state index >= 15 is 0 Å². The number of nitrogens with one attached hydrogen (secondary N) is 2. The molecule has 0 aliphatic rings. The summed E-state index contributed by atoms with van der Waals surface area (Å²) < 4.78 is 0. The van der Waals surface area contributed by atoms with Crippen LogP contribution in [-0.2, 0) is 9.59 Å². The molecule has 1 rings (SSSR count). The van der Waals surface area contributed by atoms with E-state index in [0.717, 1.165) is 11.3 Å². The summed E-state index contributed by atoms with van der Waals surface area (Å²) >= 11 is 5.89. The molecule has 1 aromatic rings. The molecule has 0 aliphatic heterocycles. The number of nitrogens with zero attached hydrogens (tertiary/aromatic N) is 1. The maximum Gasteiger partial charge on any atom is 0.238 e. The van der Waals surface area contributed by atoms with E-state index < -0.39 is 0 Å². The number of benzene rings is 1. The number of hydrogen-bond donors (Lipinski definition) is 2. The average Bonchev–Trinajstić information content (AvgIpc) is 2.40. The molecular formula is C16H24ClN3O2. The summed E-state index contributed by atoms with van der Waals surface area (Å²) in [7, 11) is 0. The second-order valence-electron chi connectivity index (χ2n) is 5.53. The molecule has 0 fully saturated rings. The molecule has 0 aromatic heterocycles. The summed E-state index contributed by atoms with van der Waals surface area (Å²) in [6, 6.07) is 5.40. The molecule has 0 saturated carbocycles. The molecule has 1 aromatic carbocycles. The van der Waals surface area contributed by atoms with Gasteiger partial charge in [0.05, 0.1) is 13.1 Å². The maximum absolute atomic E-state index is 12.1. The Hall–Kier alpha value is -1.59. The van der Waals surface area contributed by atoms with Gasteiger partial charge < -0.3 is 10.6 Å². The second kappa shape index (κ2) is 8.76. The van der Waals surface area contributed by atoms with Crippen LogP contribution in [0.5, 0.6) is 0 Å². The van der Waals surface area contributed by atoms with Crippen LogP contribution in [0, 0.1) is 6.92 Å². The molecule has 122 valence electrons. The molecule has 0 spiro atoms. The number of halogens is 1. The number of anilines is 1. The van der Waals surface area contributed by atoms with Gasteiger partial charge in [-0.15, -0.1) is 0 Å². The van der Waals surface area contributed by atoms with Crippen molar-refractivity contribution in [1.29, 1.82) is 0 Å². The van der Waals surface area contributed by atoms with Crippen LogP contribution in [0.25, 0.3) is 0 Å². The number of carbonyl (C=O) groups excluding carboxylic acids is 2. The predicted octanol–water partition coefficient (Wildman–Crippen LogP) is 2.43. The van der Waals surface area contributed by atoms with Crippen molar-refractivity contribution < 1.29 is 9.59 Å². The standard InChI is InChI=1S/C16H24ClN3O2/c1-5-20(9-15(21)18-11(2)3)10-16(22)19-14-7-6-13(17)8-12(14)4/h6-8,11H,5,9-10H2,1-4H3,(H,18,21)(H,19,22). The molecule has 0 saturated heterocycles. The summed E-state index contributed by atoms with van der Waals surface area (Å²) in [6.45, 7) is 8.62. The third-order valence-corrected chi connectivity index (χ3v) is 3.33. The summed E-state index contributed by atoms with van der Waals surface area (Å²) in [5.74, 6) is -0.225. The molecular weight excluding hydrogens is 302 g/mol. The third kappa shape index (κ3) is 6.45. The lowest BCUT2D eigenvalue weighted by Gasteiger charge is -2.20. The summed E-state index contributed by atoms with van der Waals surface area (Å²) in [6.07, 6.45) is 0. The van der Waals surface area contributed by atoms with Gasteiger partial charge in [-0.1, -0.05) is 18.5 Å². The van der Waals surface area contributed by atoms with Gasteiger partial charge in [-0.2, -0.15) is 0 Å². The monoisotopic (exact) mass is 325 g/mol. The van der Waals surface area contributed by atoms with Gasteiger partial charge in [0, 0.05) is 16.8 Å². The van der Waals surface area contributed by atoms with Gasteiger partial charge >= 0.3 is 0 Å². The van der Waals surface area contributed by atoms with Crippen molar-refractivity contribution in [2.24, 2.45) is 0 Å². The van der Waals surface area contributed by atoms with Gasteiger partial charge in [0.25, 0.3) is 0 Å². The lowest BCUT2D eigenvalue weighted by atomic mass is 10.2. The van der Waals surface area contributed by atoms with E-state index in [2.05, 4.69) is 10.6 Å². The van der Waals surface area contributed by atoms with Gasteiger partial charge in [0.2, 0.25) is 11.8 Å². The molecule has 0 unspecified atom stereocenters. The van der Waals surface area contributed by atoms with Crippen LogP contribution in [0.1, 0.15) is 26.3 Å². The van der Waals surface area contributed by atoms with E-state index in [-0.39, 0.29) is 30.9 Å². The predicted molar refractivity (Wildman–Crippen MR) is 90.2 cm³/mol. The Balaban J connectivity index is 2.56. The summed E-state index contributed by atoms with van der Waals surface area (Å²) in [5, 5.41) is 6.30. The topological polar surface area (TPSA) is 61.4 Å². The minimum absolute atomic E-state index is 0.0766. The van der Waals surface area contributed by atoms with E-state index in [9.17, 15) is 9.59 Å². The second-order valence-corrected chi connectivity index (χ2v) is 5.97. The van der Waals surface area contributed by atoms with Crippen LogP contribution >= 0.6 is 11.6 Å². The largest absolute Gasteiger partial charge is 0.353 e. The Morgan fingerprint density at radius 2 is 1.86 bits per heavy atom. The quantitative estimate of drug-likeness (QED) is 0.809. The van der Waals surface area contributed by atoms with Crippen molar-refractivity contribution in [3.05, 3.63) is 28.8 Å². The van der Waals surface area contributed by atoms with E-state index in [0.29, 0.717) is 11.6 Å². The van der Waals surface area contributed by atoms with Crippen LogP contribution in [0.4, 0.5) is 5.69 Å². The Kier molecular flexibility index (Phi) is 7.35. The van der Waals surface area contributed by atoms with Crippen LogP contribution in [0.15, 0.2) is 18.2 Å². The Bertz CT molecular complexity index is 532. The zero-order valence-corrected chi connectivity index (χ0v) is 14.3. The first-order valence-electron chi connectivity index (χ1n) is 7.39. The first-order chi connectivity index (χ1) is 10.3. The first kappa shape index (κ1) is 18.5. The molecule has 0 radical (unpaired) electrons. The number of carbonyl (C=O) groups is 2. The molecule has 5 nitrogen and oxygen atoms in total. The molecule has 0 heterocycles. The fourth-order valence-corrected chi connectivity index (χ4v) is 2.24. The fourth-order valence-electron chi connectivity index (χ4n) is 2.01. The highest BCUT2D eigenvalue weighted by Crippen LogP contribution is 2.19. The normalized spacial score (nSPS) is 10.9. The number of rotatable bonds is 7. The smallest absolute Gasteiger partial charge is 0.238 e. The highest BCUT2D eigenvalue weighted by atomic mass is 35.5. The van der Waals surface area contributed by atoms with Gasteiger partial charge in [0.1, 0.15) is 0 Å². The van der Waals surface area contributed by atoms with Crippen molar-refractivity contribution in [2.45, 2.75) is 33.7 Å². The minimum Gasteiger partial charge on any atom is -0.353 e. The van der Waals surface area contributed by atoms with Crippen molar-refractivity contribution in [3.63, 3.8) is 0 Å². The van der Waals surface area contributed by atoms with Crippen molar-refractivity contribution in [2.75, 3.05) is 25.0 Å². The number of hydrogen-bond acceptors (Lipinski definition) is 3. The Morgan fingerprint density at radius 1 is 1.23 bits per heavy atom. The van der Waals surface area contributed by atoms with Crippen LogP contribution in [0.2, 0.25) is 5.02 Å². The first-order valence-corrected chi connectivity index (χ1v) is 7.77. The number of aryl methyl sites for hydroxylation is 1. The van der Waals surface area contributed by atoms with Crippen LogP contribution in [0.3, 0.4) is 0 Å². The lowest BCUT2D eigenvalue weighted by Crippen LogP contribution is -2.42. The molecule has 0 bridgehead atoms. The number of likely N-dealkylation sites (N-methyl/N-ethyl adjacent to an activating group) is 1. The molecule has 6 heteroatoms. The molecule has 2 N–H and O–H groups in total. The molecule has 0 aliphatic carbocycles. The van der Waals surface area contributed by atoms with Gasteiger partial charge in [-0.3, -0.25) is 14.5 Å².